The van der Waals surface area contributed by atoms with Crippen LogP contribution in [0.5, 0.6) is 11.5 Å². The molecule has 0 aliphatic heterocycles. The van der Waals surface area contributed by atoms with Gasteiger partial charge in [0.15, 0.2) is 6.79 Å². The molecule has 9 rings (SSSR count). The molecule has 0 amide bonds. The number of allylic oxidation sites excluding steroid dienone is 1. The van der Waals surface area contributed by atoms with Gasteiger partial charge in [-0.25, -0.2) is 0 Å². The fourth-order valence-corrected chi connectivity index (χ4v) is 27.5. The average molecular weight is 1120 g/mol. The maximum atomic E-state index is 8.61. The zero-order valence-corrected chi connectivity index (χ0v) is 52.3. The van der Waals surface area contributed by atoms with E-state index in [-0.39, 0.29) is 39.8 Å². The molecule has 7 aromatic carbocycles. The van der Waals surface area contributed by atoms with E-state index in [2.05, 4.69) is 250 Å². The second kappa shape index (κ2) is 24.7. The second-order valence-corrected chi connectivity index (χ2v) is 38.2. The van der Waals surface area contributed by atoms with E-state index in [0.717, 1.165) is 30.8 Å². The van der Waals surface area contributed by atoms with Crippen molar-refractivity contribution >= 4 is 56.1 Å². The molecule has 0 heterocycles. The third-order valence-electron chi connectivity index (χ3n) is 17.5. The van der Waals surface area contributed by atoms with E-state index in [4.69, 9.17) is 34.1 Å². The number of fused-ring (bicyclic) bond motifs is 2. The van der Waals surface area contributed by atoms with Crippen LogP contribution in [0.2, 0.25) is 15.1 Å². The van der Waals surface area contributed by atoms with Gasteiger partial charge in [-0.05, 0) is 102 Å². The Morgan fingerprint density at radius 3 is 1.29 bits per heavy atom. The standard InChI is InChI=1S/C71H86O6Si3/c1-55-56(52-73-54-74-58-47-45-57(72-11)46-48-58)51-71(53-76-79(69(5,6)7,61-35-22-14-23-36-61)62-37-24-15-25-38-62,49-50-75-78(68(2,3)4,59-31-18-12-19-32-59)60-33-20-13-21-34-60)66-44-30-43-65(55)67(66)77-80(70(8,9)10,63-39-26-16-27-40-63)64-41-28-17-29-42-64/h12-29,31-42,44-48,56,65,67H,1,30,43,49-54H2,2-11H3/t56-,65+,67-,71-/m0/s1. The maximum absolute atomic E-state index is 8.61. The lowest BCUT2D eigenvalue weighted by Crippen LogP contribution is -2.69. The number of methoxy groups -OCH3 is 1. The van der Waals surface area contributed by atoms with Gasteiger partial charge in [0.2, 0.25) is 0 Å². The fraction of sp³-hybridized carbons (Fsp3) is 0.352. The summed E-state index contributed by atoms with van der Waals surface area (Å²) < 4.78 is 43.6. The van der Waals surface area contributed by atoms with Crippen LogP contribution in [0.3, 0.4) is 0 Å². The van der Waals surface area contributed by atoms with E-state index >= 15 is 0 Å². The summed E-state index contributed by atoms with van der Waals surface area (Å²) in [5.74, 6) is 1.42. The molecule has 7 aromatic rings. The third kappa shape index (κ3) is 11.6. The van der Waals surface area contributed by atoms with Crippen LogP contribution in [0, 0.1) is 17.3 Å². The van der Waals surface area contributed by atoms with Gasteiger partial charge in [0.25, 0.3) is 25.0 Å². The SMILES string of the molecule is C=C1[C@H](COCOc2ccc(OC)cc2)C[C@@](CCO[Si](c2ccccc2)(c2ccccc2)C(C)(C)C)(CO[Si](c2ccccc2)(c2ccccc2)C(C)(C)C)C2=CCC[C@H]1[C@@H]2O[Si](c1ccccc1)(c1ccccc1)C(C)(C)C. The Hall–Kier alpha value is -5.89. The summed E-state index contributed by atoms with van der Waals surface area (Å²) in [6, 6.07) is 74.3. The zero-order chi connectivity index (χ0) is 56.7. The molecule has 2 bridgehead atoms. The number of hydrogen-bond acceptors (Lipinski definition) is 6. The average Bonchev–Trinajstić information content (AvgIpc) is 3.51. The van der Waals surface area contributed by atoms with Crippen LogP contribution < -0.4 is 40.6 Å². The summed E-state index contributed by atoms with van der Waals surface area (Å²) in [7, 11) is -7.66. The van der Waals surface area contributed by atoms with E-state index in [1.807, 2.05) is 24.3 Å². The molecule has 1 saturated carbocycles. The molecule has 0 unspecified atom stereocenters. The molecule has 2 aliphatic carbocycles. The smallest absolute Gasteiger partial charge is 0.261 e. The van der Waals surface area contributed by atoms with Crippen LogP contribution in [0.25, 0.3) is 0 Å². The van der Waals surface area contributed by atoms with Crippen molar-refractivity contribution in [3.8, 4) is 11.5 Å². The summed E-state index contributed by atoms with van der Waals surface area (Å²) in [5, 5.41) is 6.77. The lowest BCUT2D eigenvalue weighted by molar-refractivity contribution is -0.00654. The lowest BCUT2D eigenvalue weighted by atomic mass is 9.70. The summed E-state index contributed by atoms with van der Waals surface area (Å²) >= 11 is 0. The van der Waals surface area contributed by atoms with Crippen molar-refractivity contribution in [2.45, 2.75) is 109 Å². The van der Waals surface area contributed by atoms with Crippen molar-refractivity contribution in [2.24, 2.45) is 17.3 Å². The molecule has 80 heavy (non-hydrogen) atoms. The topological polar surface area (TPSA) is 55.4 Å². The number of hydrogen-bond donors (Lipinski definition) is 0. The monoisotopic (exact) mass is 1120 g/mol. The first-order chi connectivity index (χ1) is 38.4. The van der Waals surface area contributed by atoms with Crippen LogP contribution >= 0.6 is 0 Å². The highest BCUT2D eigenvalue weighted by atomic mass is 28.4. The van der Waals surface area contributed by atoms with Crippen molar-refractivity contribution in [2.75, 3.05) is 33.7 Å². The number of ether oxygens (including phenoxy) is 3. The van der Waals surface area contributed by atoms with Crippen LogP contribution in [-0.4, -0.2) is 64.8 Å². The molecule has 4 atom stereocenters. The normalized spacial score (nSPS) is 19.2. The van der Waals surface area contributed by atoms with Crippen molar-refractivity contribution in [3.63, 3.8) is 0 Å². The molecule has 1 fully saturated rings. The molecule has 418 valence electrons. The molecule has 2 aliphatic rings. The molecule has 0 spiro atoms. The van der Waals surface area contributed by atoms with E-state index in [1.165, 1.54) is 42.3 Å². The highest BCUT2D eigenvalue weighted by molar-refractivity contribution is 7.00. The van der Waals surface area contributed by atoms with E-state index in [1.54, 1.807) is 7.11 Å². The van der Waals surface area contributed by atoms with Crippen LogP contribution in [0.4, 0.5) is 0 Å². The highest BCUT2D eigenvalue weighted by Gasteiger charge is 2.59. The van der Waals surface area contributed by atoms with Crippen LogP contribution in [0.1, 0.15) is 88.0 Å². The van der Waals surface area contributed by atoms with Gasteiger partial charge in [0.05, 0.1) is 19.8 Å². The summed E-state index contributed by atoms with van der Waals surface area (Å²) in [6.45, 7) is 28.1. The van der Waals surface area contributed by atoms with E-state index in [9.17, 15) is 0 Å². The Bertz CT molecular complexity index is 2980. The van der Waals surface area contributed by atoms with Gasteiger partial charge >= 0.3 is 0 Å². The molecule has 9 heteroatoms. The van der Waals surface area contributed by atoms with Gasteiger partial charge in [-0.15, -0.1) is 0 Å². The van der Waals surface area contributed by atoms with Crippen LogP contribution in [-0.2, 0) is 18.0 Å². The largest absolute Gasteiger partial charge is 0.497 e. The van der Waals surface area contributed by atoms with E-state index in [0.29, 0.717) is 26.2 Å². The predicted octanol–water partition coefficient (Wildman–Crippen LogP) is 13.4. The van der Waals surface area contributed by atoms with Crippen molar-refractivity contribution in [1.82, 2.24) is 0 Å². The van der Waals surface area contributed by atoms with Gasteiger partial charge in [-0.2, -0.15) is 0 Å². The first-order valence-electron chi connectivity index (χ1n) is 28.9. The van der Waals surface area contributed by atoms with E-state index < -0.39 is 30.4 Å². The maximum Gasteiger partial charge on any atom is 0.261 e. The first kappa shape index (κ1) is 58.8. The first-order valence-corrected chi connectivity index (χ1v) is 34.7. The van der Waals surface area contributed by atoms with Gasteiger partial charge < -0.3 is 27.5 Å². The molecule has 0 aromatic heterocycles. The molecule has 0 radical (unpaired) electrons. The number of benzene rings is 7. The summed E-state index contributed by atoms with van der Waals surface area (Å²) in [5.41, 5.74) is 1.85. The molecule has 6 nitrogen and oxygen atoms in total. The predicted molar refractivity (Wildman–Crippen MR) is 339 cm³/mol. The summed E-state index contributed by atoms with van der Waals surface area (Å²) in [4.78, 5) is 0. The Morgan fingerprint density at radius 1 is 0.500 bits per heavy atom. The van der Waals surface area contributed by atoms with Crippen molar-refractivity contribution < 1.29 is 27.5 Å². The summed E-state index contributed by atoms with van der Waals surface area (Å²) in [6.07, 6.45) is 5.46. The molecular weight excluding hydrogens is 1030 g/mol. The van der Waals surface area contributed by atoms with Gasteiger partial charge in [-0.1, -0.05) is 263 Å². The van der Waals surface area contributed by atoms with Crippen molar-refractivity contribution in [1.29, 1.82) is 0 Å². The van der Waals surface area contributed by atoms with Crippen LogP contribution in [0.15, 0.2) is 230 Å². The van der Waals surface area contributed by atoms with Gasteiger partial charge in [0.1, 0.15) is 11.5 Å². The van der Waals surface area contributed by atoms with Gasteiger partial charge in [-0.3, -0.25) is 0 Å². The lowest BCUT2D eigenvalue weighted by Gasteiger charge is -2.51. The number of rotatable bonds is 21. The minimum atomic E-state index is -3.18. The third-order valence-corrected chi connectivity index (χ3v) is 32.5. The van der Waals surface area contributed by atoms with Gasteiger partial charge in [0, 0.05) is 30.5 Å². The molecule has 0 N–H and O–H groups in total. The second-order valence-electron chi connectivity index (χ2n) is 25.3. The Labute approximate surface area is 482 Å². The Morgan fingerprint density at radius 2 is 0.887 bits per heavy atom. The zero-order valence-electron chi connectivity index (χ0n) is 49.3. The Balaban J connectivity index is 1.26. The Kier molecular flexibility index (Phi) is 18.1. The quantitative estimate of drug-likeness (QED) is 0.0309. The molecule has 0 saturated heterocycles. The minimum absolute atomic E-state index is 0.0000857. The minimum Gasteiger partial charge on any atom is -0.497 e. The molecular formula is C71H86O6Si3. The highest BCUT2D eigenvalue weighted by Crippen LogP contribution is 2.55. The fourth-order valence-electron chi connectivity index (χ4n) is 13.6. The van der Waals surface area contributed by atoms with Crippen molar-refractivity contribution in [3.05, 3.63) is 230 Å².